The highest BCUT2D eigenvalue weighted by Crippen LogP contribution is 2.45. The summed E-state index contributed by atoms with van der Waals surface area (Å²) in [6.45, 7) is 11.2. The van der Waals surface area contributed by atoms with Gasteiger partial charge in [0.25, 0.3) is 0 Å². The molecule has 0 aromatic rings. The van der Waals surface area contributed by atoms with Crippen LogP contribution in [0.2, 0.25) is 19.6 Å². The van der Waals surface area contributed by atoms with E-state index in [0.29, 0.717) is 5.78 Å². The topological polar surface area (TPSA) is 17.1 Å². The van der Waals surface area contributed by atoms with E-state index in [1.807, 2.05) is 0 Å². The van der Waals surface area contributed by atoms with E-state index in [1.165, 1.54) is 28.3 Å². The first-order valence-corrected chi connectivity index (χ1v) is 10.6. The minimum atomic E-state index is -1.54. The molecule has 18 heavy (non-hydrogen) atoms. The van der Waals surface area contributed by atoms with Crippen molar-refractivity contribution >= 4 is 13.9 Å². The quantitative estimate of drug-likeness (QED) is 0.524. The van der Waals surface area contributed by atoms with E-state index in [1.54, 1.807) is 0 Å². The number of allylic oxidation sites excluding steroid dienone is 6. The molecule has 98 valence electrons. The molecule has 0 spiro atoms. The number of ketones is 1. The molecule has 0 amide bonds. The fourth-order valence-corrected chi connectivity index (χ4v) is 5.23. The smallest absolute Gasteiger partial charge is 0.185 e. The second-order valence-electron chi connectivity index (χ2n) is 6.47. The Labute approximate surface area is 112 Å². The molecule has 0 fully saturated rings. The maximum atomic E-state index is 12.7. The molecule has 0 atom stereocenters. The van der Waals surface area contributed by atoms with Crippen molar-refractivity contribution in [3.05, 3.63) is 33.6 Å². The normalized spacial score (nSPS) is 23.2. The van der Waals surface area contributed by atoms with E-state index in [4.69, 9.17) is 0 Å². The number of rotatable bonds is 2. The monoisotopic (exact) mass is 260 g/mol. The first-order valence-electron chi connectivity index (χ1n) is 7.07. The van der Waals surface area contributed by atoms with Crippen LogP contribution in [0.1, 0.15) is 39.5 Å². The third-order valence-electron chi connectivity index (χ3n) is 3.91. The van der Waals surface area contributed by atoms with E-state index >= 15 is 0 Å². The molecule has 0 heterocycles. The zero-order valence-corrected chi connectivity index (χ0v) is 13.3. The van der Waals surface area contributed by atoms with Gasteiger partial charge in [-0.05, 0) is 48.9 Å². The summed E-state index contributed by atoms with van der Waals surface area (Å²) in [6, 6.07) is 0. The second kappa shape index (κ2) is 4.65. The number of Topliss-reactive ketones (excluding diaryl/α,β-unsaturated/α-hetero) is 1. The summed E-state index contributed by atoms with van der Waals surface area (Å²) in [7, 11) is -1.54. The highest BCUT2D eigenvalue weighted by molar-refractivity contribution is 6.88. The average Bonchev–Trinajstić information content (AvgIpc) is 2.53. The molecular weight excluding hydrogens is 236 g/mol. The van der Waals surface area contributed by atoms with Crippen molar-refractivity contribution in [3.8, 4) is 0 Å². The van der Waals surface area contributed by atoms with E-state index in [2.05, 4.69) is 39.6 Å². The highest BCUT2D eigenvalue weighted by Gasteiger charge is 2.40. The number of hydrogen-bond acceptors (Lipinski definition) is 1. The van der Waals surface area contributed by atoms with Crippen molar-refractivity contribution < 1.29 is 4.79 Å². The van der Waals surface area contributed by atoms with Gasteiger partial charge in [0, 0.05) is 5.57 Å². The van der Waals surface area contributed by atoms with Crippen LogP contribution in [0.4, 0.5) is 0 Å². The number of carbonyl (C=O) groups is 1. The standard InChI is InChI=1S/C16H24OSi/c1-6-8-12-14-11(2)9-7-10-13(14)16(15(12)17)18(3,4)5/h8H,6-7,9-10H2,1-5H3/b12-8-. The van der Waals surface area contributed by atoms with Crippen LogP contribution in [0, 0.1) is 0 Å². The predicted octanol–water partition coefficient (Wildman–Crippen LogP) is 4.58. The Hall–Kier alpha value is -0.893. The summed E-state index contributed by atoms with van der Waals surface area (Å²) in [6.07, 6.45) is 6.57. The average molecular weight is 260 g/mol. The largest absolute Gasteiger partial charge is 0.289 e. The summed E-state index contributed by atoms with van der Waals surface area (Å²) in [5, 5.41) is 1.20. The maximum absolute atomic E-state index is 12.7. The minimum Gasteiger partial charge on any atom is -0.289 e. The zero-order chi connectivity index (χ0) is 13.5. The molecule has 0 aromatic carbocycles. The lowest BCUT2D eigenvalue weighted by Gasteiger charge is -2.21. The molecule has 0 saturated heterocycles. The van der Waals surface area contributed by atoms with Gasteiger partial charge in [-0.15, -0.1) is 0 Å². The predicted molar refractivity (Wildman–Crippen MR) is 80.3 cm³/mol. The molecule has 2 rings (SSSR count). The molecule has 0 aliphatic heterocycles. The zero-order valence-electron chi connectivity index (χ0n) is 12.3. The molecule has 2 heteroatoms. The summed E-state index contributed by atoms with van der Waals surface area (Å²) < 4.78 is 0. The van der Waals surface area contributed by atoms with Crippen LogP contribution < -0.4 is 0 Å². The van der Waals surface area contributed by atoms with E-state index < -0.39 is 8.07 Å². The first-order chi connectivity index (χ1) is 8.38. The van der Waals surface area contributed by atoms with Gasteiger partial charge in [0.15, 0.2) is 5.78 Å². The lowest BCUT2D eigenvalue weighted by molar-refractivity contribution is -0.111. The van der Waals surface area contributed by atoms with E-state index in [-0.39, 0.29) is 0 Å². The van der Waals surface area contributed by atoms with E-state index in [9.17, 15) is 4.79 Å². The van der Waals surface area contributed by atoms with Crippen LogP contribution in [0.15, 0.2) is 33.6 Å². The Kier molecular flexibility index (Phi) is 3.50. The minimum absolute atomic E-state index is 0.349. The van der Waals surface area contributed by atoms with Crippen molar-refractivity contribution in [3.63, 3.8) is 0 Å². The van der Waals surface area contributed by atoms with Crippen molar-refractivity contribution in [2.75, 3.05) is 0 Å². The van der Waals surface area contributed by atoms with Crippen LogP contribution in [-0.4, -0.2) is 13.9 Å². The number of hydrogen-bond donors (Lipinski definition) is 0. The van der Waals surface area contributed by atoms with Gasteiger partial charge in [-0.25, -0.2) is 0 Å². The Morgan fingerprint density at radius 3 is 2.44 bits per heavy atom. The molecular formula is C16H24OSi. The molecule has 1 nitrogen and oxygen atoms in total. The lowest BCUT2D eigenvalue weighted by Crippen LogP contribution is -2.28. The van der Waals surface area contributed by atoms with Gasteiger partial charge >= 0.3 is 0 Å². The first kappa shape index (κ1) is 13.5. The van der Waals surface area contributed by atoms with Crippen molar-refractivity contribution in [1.29, 1.82) is 0 Å². The Balaban J connectivity index is 2.67. The number of carbonyl (C=O) groups excluding carboxylic acids is 1. The van der Waals surface area contributed by atoms with E-state index in [0.717, 1.165) is 24.8 Å². The SMILES string of the molecule is CC/C=C1\C(=O)C([Si](C)(C)C)=C2CCCC(C)=C21. The van der Waals surface area contributed by atoms with Gasteiger partial charge in [-0.1, -0.05) is 38.2 Å². The van der Waals surface area contributed by atoms with Crippen LogP contribution in [-0.2, 0) is 4.79 Å². The Morgan fingerprint density at radius 2 is 1.89 bits per heavy atom. The van der Waals surface area contributed by atoms with Gasteiger partial charge in [0.05, 0.1) is 8.07 Å². The summed E-state index contributed by atoms with van der Waals surface area (Å²) >= 11 is 0. The third kappa shape index (κ3) is 2.07. The van der Waals surface area contributed by atoms with Crippen molar-refractivity contribution in [2.24, 2.45) is 0 Å². The second-order valence-corrected chi connectivity index (χ2v) is 11.5. The van der Waals surface area contributed by atoms with Crippen LogP contribution in [0.5, 0.6) is 0 Å². The Bertz CT molecular complexity index is 484. The molecule has 0 N–H and O–H groups in total. The molecule has 2 aliphatic carbocycles. The molecule has 0 unspecified atom stereocenters. The van der Waals surface area contributed by atoms with Crippen LogP contribution in [0.3, 0.4) is 0 Å². The Morgan fingerprint density at radius 1 is 1.22 bits per heavy atom. The van der Waals surface area contributed by atoms with Crippen LogP contribution in [0.25, 0.3) is 0 Å². The van der Waals surface area contributed by atoms with Crippen molar-refractivity contribution in [2.45, 2.75) is 59.2 Å². The summed E-state index contributed by atoms with van der Waals surface area (Å²) in [5.74, 6) is 0.349. The molecule has 0 bridgehead atoms. The van der Waals surface area contributed by atoms with Gasteiger partial charge in [0.1, 0.15) is 0 Å². The van der Waals surface area contributed by atoms with Crippen molar-refractivity contribution in [1.82, 2.24) is 0 Å². The molecule has 0 aromatic heterocycles. The molecule has 0 saturated carbocycles. The number of fused-ring (bicyclic) bond motifs is 1. The molecule has 0 radical (unpaired) electrons. The third-order valence-corrected chi connectivity index (χ3v) is 5.94. The van der Waals surface area contributed by atoms with Gasteiger partial charge in [-0.3, -0.25) is 4.79 Å². The molecule has 2 aliphatic rings. The van der Waals surface area contributed by atoms with Crippen LogP contribution >= 0.6 is 0 Å². The van der Waals surface area contributed by atoms with Gasteiger partial charge in [0.2, 0.25) is 0 Å². The van der Waals surface area contributed by atoms with Gasteiger partial charge in [-0.2, -0.15) is 0 Å². The maximum Gasteiger partial charge on any atom is 0.185 e. The lowest BCUT2D eigenvalue weighted by atomic mass is 9.87. The highest BCUT2D eigenvalue weighted by atomic mass is 28.3. The summed E-state index contributed by atoms with van der Waals surface area (Å²) in [5.41, 5.74) is 5.17. The fraction of sp³-hybridized carbons (Fsp3) is 0.562. The summed E-state index contributed by atoms with van der Waals surface area (Å²) in [4.78, 5) is 12.7. The fourth-order valence-electron chi connectivity index (χ4n) is 3.26. The van der Waals surface area contributed by atoms with Gasteiger partial charge < -0.3 is 0 Å².